The van der Waals surface area contributed by atoms with E-state index in [0.29, 0.717) is 13.1 Å². The summed E-state index contributed by atoms with van der Waals surface area (Å²) in [5.41, 5.74) is -0.773. The van der Waals surface area contributed by atoms with Crippen LogP contribution in [0.1, 0.15) is 33.6 Å². The van der Waals surface area contributed by atoms with E-state index in [1.807, 2.05) is 18.9 Å². The lowest BCUT2D eigenvalue weighted by Gasteiger charge is -2.40. The Morgan fingerprint density at radius 2 is 2.11 bits per heavy atom. The van der Waals surface area contributed by atoms with Crippen molar-refractivity contribution in [3.8, 4) is 0 Å². The van der Waals surface area contributed by atoms with E-state index in [-0.39, 0.29) is 17.7 Å². The van der Waals surface area contributed by atoms with E-state index in [1.165, 1.54) is 0 Å². The number of carbonyl (C=O) groups is 2. The lowest BCUT2D eigenvalue weighted by Crippen LogP contribution is -2.49. The summed E-state index contributed by atoms with van der Waals surface area (Å²) in [6.07, 6.45) is 1.77. The highest BCUT2D eigenvalue weighted by Crippen LogP contribution is 2.34. The smallest absolute Gasteiger partial charge is 0.309 e. The Kier molecular flexibility index (Phi) is 5.35. The topological polar surface area (TPSA) is 69.6 Å². The molecule has 0 aromatic rings. The highest BCUT2D eigenvalue weighted by atomic mass is 16.4. The van der Waals surface area contributed by atoms with Gasteiger partial charge in [0.05, 0.1) is 5.41 Å². The second-order valence-electron chi connectivity index (χ2n) is 6.11. The number of carbonyl (C=O) groups excluding carboxylic acids is 1. The summed E-state index contributed by atoms with van der Waals surface area (Å²) in [5.74, 6) is -0.684. The summed E-state index contributed by atoms with van der Waals surface area (Å²) >= 11 is 0. The third-order valence-corrected chi connectivity index (χ3v) is 4.24. The second kappa shape index (κ2) is 6.37. The molecule has 1 aliphatic rings. The standard InChI is InChI=1S/C14H26N2O3/c1-10(8-15-4)12(17)16-7-5-6-11(9-16)14(2,3)13(18)19/h10-11,15H,5-9H2,1-4H3,(H,18,19). The average Bonchev–Trinajstić information content (AvgIpc) is 2.38. The van der Waals surface area contributed by atoms with Crippen LogP contribution in [0.5, 0.6) is 0 Å². The molecule has 2 atom stereocenters. The van der Waals surface area contributed by atoms with Crippen LogP contribution >= 0.6 is 0 Å². The summed E-state index contributed by atoms with van der Waals surface area (Å²) in [4.78, 5) is 25.4. The van der Waals surface area contributed by atoms with Crippen molar-refractivity contribution in [1.29, 1.82) is 0 Å². The summed E-state index contributed by atoms with van der Waals surface area (Å²) in [5, 5.41) is 12.3. The number of rotatable bonds is 5. The van der Waals surface area contributed by atoms with Crippen molar-refractivity contribution in [1.82, 2.24) is 10.2 Å². The van der Waals surface area contributed by atoms with Gasteiger partial charge in [-0.2, -0.15) is 0 Å². The number of nitrogens with zero attached hydrogens (tertiary/aromatic N) is 1. The number of hydrogen-bond donors (Lipinski definition) is 2. The largest absolute Gasteiger partial charge is 0.481 e. The van der Waals surface area contributed by atoms with Gasteiger partial charge in [-0.25, -0.2) is 0 Å². The molecule has 1 saturated heterocycles. The van der Waals surface area contributed by atoms with E-state index in [2.05, 4.69) is 5.32 Å². The molecule has 1 rings (SSSR count). The van der Waals surface area contributed by atoms with Crippen LogP contribution in [-0.2, 0) is 9.59 Å². The van der Waals surface area contributed by atoms with E-state index in [9.17, 15) is 14.7 Å². The molecule has 110 valence electrons. The van der Waals surface area contributed by atoms with Gasteiger partial charge in [-0.15, -0.1) is 0 Å². The van der Waals surface area contributed by atoms with Crippen LogP contribution in [0.15, 0.2) is 0 Å². The van der Waals surface area contributed by atoms with E-state index in [0.717, 1.165) is 19.4 Å². The lowest BCUT2D eigenvalue weighted by molar-refractivity contribution is -0.153. The summed E-state index contributed by atoms with van der Waals surface area (Å²) < 4.78 is 0. The highest BCUT2D eigenvalue weighted by molar-refractivity contribution is 5.79. The third kappa shape index (κ3) is 3.69. The van der Waals surface area contributed by atoms with Gasteiger partial charge in [-0.1, -0.05) is 6.92 Å². The van der Waals surface area contributed by atoms with Crippen molar-refractivity contribution >= 4 is 11.9 Å². The highest BCUT2D eigenvalue weighted by Gasteiger charge is 2.40. The number of carboxylic acids is 1. The first-order valence-corrected chi connectivity index (χ1v) is 6.97. The molecule has 1 amide bonds. The minimum Gasteiger partial charge on any atom is -0.481 e. The van der Waals surface area contributed by atoms with Crippen molar-refractivity contribution in [2.24, 2.45) is 17.3 Å². The molecule has 2 N–H and O–H groups in total. The maximum absolute atomic E-state index is 12.3. The minimum absolute atomic E-state index is 0.0319. The number of aliphatic carboxylic acids is 1. The third-order valence-electron chi connectivity index (χ3n) is 4.24. The fourth-order valence-corrected chi connectivity index (χ4v) is 2.65. The first-order chi connectivity index (χ1) is 8.80. The molecular weight excluding hydrogens is 244 g/mol. The first-order valence-electron chi connectivity index (χ1n) is 6.97. The van der Waals surface area contributed by atoms with Gasteiger partial charge in [0.25, 0.3) is 0 Å². The molecule has 0 aromatic heterocycles. The predicted molar refractivity (Wildman–Crippen MR) is 73.8 cm³/mol. The van der Waals surface area contributed by atoms with Crippen LogP contribution < -0.4 is 5.32 Å². The molecule has 19 heavy (non-hydrogen) atoms. The van der Waals surface area contributed by atoms with Gasteiger partial charge in [0.2, 0.25) is 5.91 Å². The van der Waals surface area contributed by atoms with E-state index < -0.39 is 11.4 Å². The molecule has 0 aromatic carbocycles. The van der Waals surface area contributed by atoms with Crippen LogP contribution in [0.2, 0.25) is 0 Å². The number of hydrogen-bond acceptors (Lipinski definition) is 3. The van der Waals surface area contributed by atoms with Crippen LogP contribution in [0.25, 0.3) is 0 Å². The Hall–Kier alpha value is -1.10. The van der Waals surface area contributed by atoms with Crippen LogP contribution in [0.3, 0.4) is 0 Å². The molecule has 0 aliphatic carbocycles. The van der Waals surface area contributed by atoms with Gasteiger partial charge in [0.1, 0.15) is 0 Å². The van der Waals surface area contributed by atoms with Crippen LogP contribution in [0, 0.1) is 17.3 Å². The van der Waals surface area contributed by atoms with Gasteiger partial charge < -0.3 is 15.3 Å². The van der Waals surface area contributed by atoms with Gasteiger partial charge in [-0.05, 0) is 39.7 Å². The summed E-state index contributed by atoms with van der Waals surface area (Å²) in [7, 11) is 1.83. The van der Waals surface area contributed by atoms with E-state index in [4.69, 9.17) is 0 Å². The van der Waals surface area contributed by atoms with Gasteiger partial charge >= 0.3 is 5.97 Å². The molecule has 2 unspecified atom stereocenters. The monoisotopic (exact) mass is 270 g/mol. The van der Waals surface area contributed by atoms with Gasteiger partial charge in [0, 0.05) is 25.6 Å². The summed E-state index contributed by atoms with van der Waals surface area (Å²) in [6.45, 7) is 7.38. The zero-order chi connectivity index (χ0) is 14.6. The Morgan fingerprint density at radius 3 is 2.63 bits per heavy atom. The molecule has 0 bridgehead atoms. The molecule has 5 heteroatoms. The molecule has 5 nitrogen and oxygen atoms in total. The molecule has 1 aliphatic heterocycles. The normalized spacial score (nSPS) is 22.1. The zero-order valence-corrected chi connectivity index (χ0v) is 12.4. The first kappa shape index (κ1) is 16.0. The molecule has 1 fully saturated rings. The lowest BCUT2D eigenvalue weighted by atomic mass is 9.74. The SMILES string of the molecule is CNCC(C)C(=O)N1CCCC(C(C)(C)C(=O)O)C1. The van der Waals surface area contributed by atoms with Crippen LogP contribution in [-0.4, -0.2) is 48.6 Å². The fraction of sp³-hybridized carbons (Fsp3) is 0.857. The number of amides is 1. The molecule has 0 spiro atoms. The number of piperidine rings is 1. The average molecular weight is 270 g/mol. The minimum atomic E-state index is -0.782. The second-order valence-corrected chi connectivity index (χ2v) is 6.11. The van der Waals surface area contributed by atoms with Crippen molar-refractivity contribution < 1.29 is 14.7 Å². The molecule has 1 heterocycles. The Morgan fingerprint density at radius 1 is 1.47 bits per heavy atom. The van der Waals surface area contributed by atoms with E-state index >= 15 is 0 Å². The maximum atomic E-state index is 12.3. The van der Waals surface area contributed by atoms with Crippen molar-refractivity contribution in [3.63, 3.8) is 0 Å². The molecular formula is C14H26N2O3. The number of likely N-dealkylation sites (tertiary alicyclic amines) is 1. The van der Waals surface area contributed by atoms with Crippen LogP contribution in [0.4, 0.5) is 0 Å². The van der Waals surface area contributed by atoms with Crippen molar-refractivity contribution in [2.75, 3.05) is 26.7 Å². The predicted octanol–water partition coefficient (Wildman–Crippen LogP) is 1.19. The van der Waals surface area contributed by atoms with Crippen molar-refractivity contribution in [2.45, 2.75) is 33.6 Å². The maximum Gasteiger partial charge on any atom is 0.309 e. The Bertz CT molecular complexity index is 342. The van der Waals surface area contributed by atoms with Gasteiger partial charge in [-0.3, -0.25) is 9.59 Å². The van der Waals surface area contributed by atoms with E-state index in [1.54, 1.807) is 13.8 Å². The van der Waals surface area contributed by atoms with Gasteiger partial charge in [0.15, 0.2) is 0 Å². The quantitative estimate of drug-likeness (QED) is 0.787. The molecule has 0 radical (unpaired) electrons. The number of carboxylic acid groups (broad SMARTS) is 1. The fourth-order valence-electron chi connectivity index (χ4n) is 2.65. The van der Waals surface area contributed by atoms with Crippen molar-refractivity contribution in [3.05, 3.63) is 0 Å². The molecule has 0 saturated carbocycles. The Balaban J connectivity index is 2.69. The Labute approximate surface area is 115 Å². The number of nitrogens with one attached hydrogen (secondary N) is 1. The zero-order valence-electron chi connectivity index (χ0n) is 12.4. The summed E-state index contributed by atoms with van der Waals surface area (Å²) in [6, 6.07) is 0.